The largest absolute Gasteiger partial charge is 0.507 e. The average Bonchev–Trinajstić information content (AvgIpc) is 2.62. The molecule has 0 bridgehead atoms. The van der Waals surface area contributed by atoms with Gasteiger partial charge in [0.15, 0.2) is 23.1 Å². The Bertz CT molecular complexity index is 1210. The van der Waals surface area contributed by atoms with E-state index in [0.29, 0.717) is 11.1 Å². The molecule has 138 valence electrons. The highest BCUT2D eigenvalue weighted by Gasteiger charge is 2.32. The van der Waals surface area contributed by atoms with Gasteiger partial charge in [-0.05, 0) is 61.4 Å². The molecule has 0 unspecified atom stereocenters. The molecule has 6 nitrogen and oxygen atoms in total. The Labute approximate surface area is 159 Å². The van der Waals surface area contributed by atoms with Crippen LogP contribution in [0.1, 0.15) is 52.6 Å². The Kier molecular flexibility index (Phi) is 3.68. The van der Waals surface area contributed by atoms with Crippen molar-refractivity contribution >= 4 is 23.1 Å². The topological polar surface area (TPSA) is 109 Å². The standard InChI is InChI=1S/C22H14O6/c1-9-7-11-12(23)3-4-13(24)19(11)22(28)18(9)17-10(2)8-16(27)20-14(25)5-6-15(26)21(17)20/h3-8,27-28H,1-2H3. The number of phenols is 2. The molecule has 2 aliphatic rings. The van der Waals surface area contributed by atoms with Crippen molar-refractivity contribution < 1.29 is 29.4 Å². The normalized spacial score (nSPS) is 15.1. The monoisotopic (exact) mass is 374 g/mol. The maximum atomic E-state index is 12.6. The molecule has 2 aromatic carbocycles. The summed E-state index contributed by atoms with van der Waals surface area (Å²) in [6.07, 6.45) is 4.41. The van der Waals surface area contributed by atoms with Gasteiger partial charge in [-0.1, -0.05) is 0 Å². The Morgan fingerprint density at radius 1 is 0.571 bits per heavy atom. The molecule has 4 rings (SSSR count). The van der Waals surface area contributed by atoms with Gasteiger partial charge in [-0.2, -0.15) is 0 Å². The van der Waals surface area contributed by atoms with Gasteiger partial charge < -0.3 is 10.2 Å². The molecule has 0 spiro atoms. The zero-order chi connectivity index (χ0) is 20.3. The lowest BCUT2D eigenvalue weighted by molar-refractivity contribution is 0.0991. The Balaban J connectivity index is 2.14. The van der Waals surface area contributed by atoms with Crippen molar-refractivity contribution in [3.05, 3.63) is 69.8 Å². The quantitative estimate of drug-likeness (QED) is 0.793. The van der Waals surface area contributed by atoms with Gasteiger partial charge in [-0.25, -0.2) is 0 Å². The first-order valence-corrected chi connectivity index (χ1v) is 8.49. The summed E-state index contributed by atoms with van der Waals surface area (Å²) in [5, 5.41) is 21.1. The summed E-state index contributed by atoms with van der Waals surface area (Å²) >= 11 is 0. The van der Waals surface area contributed by atoms with Gasteiger partial charge in [0.2, 0.25) is 0 Å². The minimum atomic E-state index is -0.530. The third-order valence-electron chi connectivity index (χ3n) is 5.03. The Morgan fingerprint density at radius 3 is 1.71 bits per heavy atom. The number of aromatic hydroxyl groups is 2. The van der Waals surface area contributed by atoms with Crippen LogP contribution >= 0.6 is 0 Å². The van der Waals surface area contributed by atoms with E-state index < -0.39 is 28.9 Å². The van der Waals surface area contributed by atoms with Gasteiger partial charge in [0.05, 0.1) is 11.1 Å². The van der Waals surface area contributed by atoms with Gasteiger partial charge >= 0.3 is 0 Å². The van der Waals surface area contributed by atoms with Crippen LogP contribution in [0.25, 0.3) is 11.1 Å². The SMILES string of the molecule is Cc1cc2c(c(O)c1-c1c(C)cc(O)c3c1C(=O)C=CC3=O)C(=O)C=CC2=O. The van der Waals surface area contributed by atoms with Gasteiger partial charge in [-0.3, -0.25) is 19.2 Å². The summed E-state index contributed by atoms with van der Waals surface area (Å²) in [5.41, 5.74) is 1.09. The average molecular weight is 374 g/mol. The van der Waals surface area contributed by atoms with Crippen LogP contribution in [0.4, 0.5) is 0 Å². The Morgan fingerprint density at radius 2 is 1.07 bits per heavy atom. The summed E-state index contributed by atoms with van der Waals surface area (Å²) in [4.78, 5) is 49.3. The molecule has 0 saturated carbocycles. The second-order valence-corrected chi connectivity index (χ2v) is 6.80. The predicted octanol–water partition coefficient (Wildman–Crippen LogP) is 3.25. The van der Waals surface area contributed by atoms with Gasteiger partial charge in [0.1, 0.15) is 11.5 Å². The molecule has 0 aromatic heterocycles. The van der Waals surface area contributed by atoms with Crippen molar-refractivity contribution in [2.45, 2.75) is 13.8 Å². The molecule has 6 heteroatoms. The minimum Gasteiger partial charge on any atom is -0.507 e. The molecule has 2 aliphatic carbocycles. The number of fused-ring (bicyclic) bond motifs is 2. The summed E-state index contributed by atoms with van der Waals surface area (Å²) in [6, 6.07) is 2.82. The Hall–Kier alpha value is -3.80. The molecule has 0 heterocycles. The summed E-state index contributed by atoms with van der Waals surface area (Å²) in [6.45, 7) is 3.26. The van der Waals surface area contributed by atoms with Crippen LogP contribution in [-0.2, 0) is 0 Å². The molecule has 0 atom stereocenters. The molecule has 0 amide bonds. The van der Waals surface area contributed by atoms with E-state index in [1.807, 2.05) is 0 Å². The van der Waals surface area contributed by atoms with Crippen LogP contribution < -0.4 is 0 Å². The van der Waals surface area contributed by atoms with E-state index in [1.165, 1.54) is 12.1 Å². The van der Waals surface area contributed by atoms with Crippen LogP contribution in [0.2, 0.25) is 0 Å². The predicted molar refractivity (Wildman–Crippen MR) is 100 cm³/mol. The fraction of sp³-hybridized carbons (Fsp3) is 0.0909. The van der Waals surface area contributed by atoms with Gasteiger partial charge in [-0.15, -0.1) is 0 Å². The molecule has 0 saturated heterocycles. The van der Waals surface area contributed by atoms with E-state index in [0.717, 1.165) is 24.3 Å². The third-order valence-corrected chi connectivity index (χ3v) is 5.03. The highest BCUT2D eigenvalue weighted by Crippen LogP contribution is 2.45. The summed E-state index contributed by atoms with van der Waals surface area (Å²) in [7, 11) is 0. The van der Waals surface area contributed by atoms with Crippen LogP contribution in [-0.4, -0.2) is 33.3 Å². The number of phenolic OH excluding ortho intramolecular Hbond substituents is 2. The molecule has 28 heavy (non-hydrogen) atoms. The zero-order valence-electron chi connectivity index (χ0n) is 15.0. The number of carbonyl (C=O) groups is 4. The first kappa shape index (κ1) is 17.6. The van der Waals surface area contributed by atoms with Crippen molar-refractivity contribution in [3.8, 4) is 22.6 Å². The van der Waals surface area contributed by atoms with Crippen molar-refractivity contribution in [2.75, 3.05) is 0 Å². The first-order chi connectivity index (χ1) is 13.2. The summed E-state index contributed by atoms with van der Waals surface area (Å²) in [5.74, 6) is -2.72. The lowest BCUT2D eigenvalue weighted by Gasteiger charge is -2.22. The molecule has 0 aliphatic heterocycles. The lowest BCUT2D eigenvalue weighted by Crippen LogP contribution is -2.16. The second-order valence-electron chi connectivity index (χ2n) is 6.80. The van der Waals surface area contributed by atoms with Gasteiger partial charge in [0.25, 0.3) is 0 Å². The fourth-order valence-corrected chi connectivity index (χ4v) is 3.82. The van der Waals surface area contributed by atoms with E-state index in [-0.39, 0.29) is 39.1 Å². The molecule has 0 fully saturated rings. The van der Waals surface area contributed by atoms with E-state index in [4.69, 9.17) is 0 Å². The van der Waals surface area contributed by atoms with Crippen molar-refractivity contribution in [2.24, 2.45) is 0 Å². The van der Waals surface area contributed by atoms with E-state index in [1.54, 1.807) is 13.8 Å². The van der Waals surface area contributed by atoms with E-state index in [2.05, 4.69) is 0 Å². The van der Waals surface area contributed by atoms with Crippen LogP contribution in [0.5, 0.6) is 11.5 Å². The highest BCUT2D eigenvalue weighted by molar-refractivity contribution is 6.27. The van der Waals surface area contributed by atoms with Gasteiger partial charge in [0, 0.05) is 22.3 Å². The number of ketones is 4. The number of aryl methyl sites for hydroxylation is 2. The molecule has 2 aromatic rings. The summed E-state index contributed by atoms with van der Waals surface area (Å²) < 4.78 is 0. The van der Waals surface area contributed by atoms with Crippen molar-refractivity contribution in [1.29, 1.82) is 0 Å². The lowest BCUT2D eigenvalue weighted by atomic mass is 9.80. The van der Waals surface area contributed by atoms with E-state index in [9.17, 15) is 29.4 Å². The number of benzene rings is 2. The third kappa shape index (κ3) is 2.28. The number of carbonyl (C=O) groups excluding carboxylic acids is 4. The maximum Gasteiger partial charge on any atom is 0.190 e. The second kappa shape index (κ2) is 5.85. The molecule has 2 N–H and O–H groups in total. The molecular formula is C22H14O6. The number of hydrogen-bond acceptors (Lipinski definition) is 6. The smallest absolute Gasteiger partial charge is 0.190 e. The minimum absolute atomic E-state index is 0.0338. The first-order valence-electron chi connectivity index (χ1n) is 8.49. The molecular weight excluding hydrogens is 360 g/mol. The van der Waals surface area contributed by atoms with Crippen LogP contribution in [0.3, 0.4) is 0 Å². The van der Waals surface area contributed by atoms with Crippen LogP contribution in [0, 0.1) is 13.8 Å². The maximum absolute atomic E-state index is 12.6. The zero-order valence-corrected chi connectivity index (χ0v) is 15.0. The fourth-order valence-electron chi connectivity index (χ4n) is 3.82. The number of rotatable bonds is 1. The molecule has 0 radical (unpaired) electrons. The van der Waals surface area contributed by atoms with Crippen molar-refractivity contribution in [3.63, 3.8) is 0 Å². The number of allylic oxidation sites excluding steroid dienone is 4. The highest BCUT2D eigenvalue weighted by atomic mass is 16.3. The van der Waals surface area contributed by atoms with Crippen molar-refractivity contribution in [1.82, 2.24) is 0 Å². The van der Waals surface area contributed by atoms with E-state index >= 15 is 0 Å². The van der Waals surface area contributed by atoms with Crippen LogP contribution in [0.15, 0.2) is 36.4 Å². The number of hydrogen-bond donors (Lipinski definition) is 2.